The molecule has 0 saturated heterocycles. The number of rotatable bonds is 6. The fourth-order valence-electron chi connectivity index (χ4n) is 1.12. The number of methoxy groups -OCH3 is 1. The molecular formula is C9H18N2O4. The lowest BCUT2D eigenvalue weighted by Crippen LogP contribution is -2.34. The Balaban J connectivity index is 3.89. The van der Waals surface area contributed by atoms with Crippen molar-refractivity contribution in [1.29, 1.82) is 0 Å². The van der Waals surface area contributed by atoms with Gasteiger partial charge >= 0.3 is 5.97 Å². The van der Waals surface area contributed by atoms with Gasteiger partial charge in [0.15, 0.2) is 0 Å². The van der Waals surface area contributed by atoms with Crippen molar-refractivity contribution >= 4 is 5.97 Å². The summed E-state index contributed by atoms with van der Waals surface area (Å²) in [4.78, 5) is 21.2. The first-order valence-corrected chi connectivity index (χ1v) is 4.79. The third kappa shape index (κ3) is 4.73. The van der Waals surface area contributed by atoms with Crippen molar-refractivity contribution in [3.05, 3.63) is 10.1 Å². The van der Waals surface area contributed by atoms with Gasteiger partial charge in [0.25, 0.3) is 0 Å². The lowest BCUT2D eigenvalue weighted by Gasteiger charge is -2.16. The van der Waals surface area contributed by atoms with Crippen molar-refractivity contribution in [3.63, 3.8) is 0 Å². The Morgan fingerprint density at radius 2 is 2.13 bits per heavy atom. The standard InChI is InChI=1S/C9H18N2O4/c1-9(2,11(13)14)6-4-5-7(10)8(12)15-3/h7H,4-6,10H2,1-3H3/t7-/m0/s1. The van der Waals surface area contributed by atoms with Crippen molar-refractivity contribution in [3.8, 4) is 0 Å². The molecule has 0 aliphatic rings. The van der Waals surface area contributed by atoms with Crippen LogP contribution in [0.15, 0.2) is 0 Å². The normalized spacial score (nSPS) is 13.3. The first kappa shape index (κ1) is 13.8. The van der Waals surface area contributed by atoms with Crippen LogP contribution in [0.1, 0.15) is 33.1 Å². The molecular weight excluding hydrogens is 200 g/mol. The Hall–Kier alpha value is -1.17. The minimum Gasteiger partial charge on any atom is -0.468 e. The molecule has 0 aromatic heterocycles. The molecule has 0 bridgehead atoms. The number of hydrogen-bond donors (Lipinski definition) is 1. The highest BCUT2D eigenvalue weighted by molar-refractivity contribution is 5.75. The zero-order valence-corrected chi connectivity index (χ0v) is 9.36. The van der Waals surface area contributed by atoms with E-state index >= 15 is 0 Å². The van der Waals surface area contributed by atoms with Crippen LogP contribution in [-0.2, 0) is 9.53 Å². The summed E-state index contributed by atoms with van der Waals surface area (Å²) in [6, 6.07) is -0.683. The van der Waals surface area contributed by atoms with Crippen molar-refractivity contribution in [2.45, 2.75) is 44.7 Å². The summed E-state index contributed by atoms with van der Waals surface area (Å²) in [6.45, 7) is 3.10. The Morgan fingerprint density at radius 3 is 2.53 bits per heavy atom. The van der Waals surface area contributed by atoms with Crippen LogP contribution in [0.4, 0.5) is 0 Å². The van der Waals surface area contributed by atoms with Crippen LogP contribution < -0.4 is 5.73 Å². The quantitative estimate of drug-likeness (QED) is 0.402. The number of esters is 1. The molecule has 0 fully saturated rings. The first-order chi connectivity index (χ1) is 6.81. The predicted molar refractivity (Wildman–Crippen MR) is 54.9 cm³/mol. The van der Waals surface area contributed by atoms with Gasteiger partial charge in [-0.05, 0) is 12.8 Å². The molecule has 2 N–H and O–H groups in total. The maximum atomic E-state index is 10.9. The van der Waals surface area contributed by atoms with E-state index in [0.717, 1.165) is 0 Å². The molecule has 0 aliphatic carbocycles. The zero-order valence-electron chi connectivity index (χ0n) is 9.36. The molecule has 15 heavy (non-hydrogen) atoms. The summed E-state index contributed by atoms with van der Waals surface area (Å²) in [5.74, 6) is -0.478. The number of hydrogen-bond acceptors (Lipinski definition) is 5. The number of nitro groups is 1. The maximum Gasteiger partial charge on any atom is 0.322 e. The first-order valence-electron chi connectivity index (χ1n) is 4.79. The van der Waals surface area contributed by atoms with Gasteiger partial charge in [0.05, 0.1) is 7.11 Å². The summed E-state index contributed by atoms with van der Waals surface area (Å²) < 4.78 is 4.44. The molecule has 0 aliphatic heterocycles. The largest absolute Gasteiger partial charge is 0.468 e. The van der Waals surface area contributed by atoms with Crippen LogP contribution in [0.3, 0.4) is 0 Å². The lowest BCUT2D eigenvalue weighted by molar-refractivity contribution is -0.561. The second-order valence-electron chi connectivity index (χ2n) is 4.09. The van der Waals surface area contributed by atoms with Crippen LogP contribution in [0.25, 0.3) is 0 Å². The molecule has 1 atom stereocenters. The third-order valence-corrected chi connectivity index (χ3v) is 2.30. The Morgan fingerprint density at radius 1 is 1.60 bits per heavy atom. The molecule has 0 radical (unpaired) electrons. The molecule has 0 aromatic rings. The smallest absolute Gasteiger partial charge is 0.322 e. The highest BCUT2D eigenvalue weighted by atomic mass is 16.6. The van der Waals surface area contributed by atoms with E-state index in [-0.39, 0.29) is 4.92 Å². The van der Waals surface area contributed by atoms with Crippen LogP contribution in [-0.4, -0.2) is 29.6 Å². The van der Waals surface area contributed by atoms with Crippen molar-refractivity contribution in [1.82, 2.24) is 0 Å². The monoisotopic (exact) mass is 218 g/mol. The summed E-state index contributed by atoms with van der Waals surface area (Å²) >= 11 is 0. The number of carbonyl (C=O) groups is 1. The van der Waals surface area contributed by atoms with Gasteiger partial charge in [0.2, 0.25) is 5.54 Å². The molecule has 0 unspecified atom stereocenters. The number of nitrogens with zero attached hydrogens (tertiary/aromatic N) is 1. The minimum atomic E-state index is -0.962. The predicted octanol–water partition coefficient (Wildman–Crippen LogP) is 0.712. The molecule has 0 spiro atoms. The van der Waals surface area contributed by atoms with E-state index in [1.54, 1.807) is 13.8 Å². The molecule has 0 aromatic carbocycles. The van der Waals surface area contributed by atoms with Gasteiger partial charge in [0.1, 0.15) is 6.04 Å². The van der Waals surface area contributed by atoms with Gasteiger partial charge in [-0.1, -0.05) is 0 Å². The van der Waals surface area contributed by atoms with Gasteiger partial charge in [-0.2, -0.15) is 0 Å². The highest BCUT2D eigenvalue weighted by Crippen LogP contribution is 2.17. The molecule has 6 nitrogen and oxygen atoms in total. The fraction of sp³-hybridized carbons (Fsp3) is 0.889. The van der Waals surface area contributed by atoms with Crippen LogP contribution in [0.2, 0.25) is 0 Å². The Kier molecular flexibility index (Phi) is 5.21. The third-order valence-electron chi connectivity index (χ3n) is 2.30. The SMILES string of the molecule is COC(=O)[C@@H](N)CCCC(C)(C)[N+](=O)[O-]. The molecule has 0 amide bonds. The van der Waals surface area contributed by atoms with Crippen molar-refractivity contribution < 1.29 is 14.5 Å². The number of carbonyl (C=O) groups excluding carboxylic acids is 1. The van der Waals surface area contributed by atoms with Crippen LogP contribution in [0, 0.1) is 10.1 Å². The topological polar surface area (TPSA) is 95.5 Å². The van der Waals surface area contributed by atoms with Crippen LogP contribution in [0.5, 0.6) is 0 Å². The molecule has 0 rings (SSSR count). The van der Waals surface area contributed by atoms with Gasteiger partial charge < -0.3 is 10.5 Å². The molecule has 0 saturated carbocycles. The van der Waals surface area contributed by atoms with Crippen molar-refractivity contribution in [2.75, 3.05) is 7.11 Å². The van der Waals surface area contributed by atoms with Gasteiger partial charge in [-0.15, -0.1) is 0 Å². The Labute approximate surface area is 88.9 Å². The lowest BCUT2D eigenvalue weighted by atomic mass is 9.97. The van der Waals surface area contributed by atoms with Crippen LogP contribution >= 0.6 is 0 Å². The maximum absolute atomic E-state index is 10.9. The fourth-order valence-corrected chi connectivity index (χ4v) is 1.12. The minimum absolute atomic E-state index is 0.323. The van der Waals surface area contributed by atoms with E-state index in [4.69, 9.17) is 5.73 Å². The Bertz CT molecular complexity index is 240. The average Bonchev–Trinajstić information content (AvgIpc) is 2.15. The number of nitrogens with two attached hydrogens (primary N) is 1. The zero-order chi connectivity index (χ0) is 12.1. The van der Waals surface area contributed by atoms with Gasteiger partial charge in [0, 0.05) is 25.2 Å². The van der Waals surface area contributed by atoms with E-state index in [2.05, 4.69) is 4.74 Å². The second-order valence-corrected chi connectivity index (χ2v) is 4.09. The average molecular weight is 218 g/mol. The highest BCUT2D eigenvalue weighted by Gasteiger charge is 2.30. The molecule has 6 heteroatoms. The summed E-state index contributed by atoms with van der Waals surface area (Å²) in [5, 5.41) is 10.6. The van der Waals surface area contributed by atoms with E-state index in [1.165, 1.54) is 7.11 Å². The van der Waals surface area contributed by atoms with Gasteiger partial charge in [-0.3, -0.25) is 14.9 Å². The van der Waals surface area contributed by atoms with E-state index in [9.17, 15) is 14.9 Å². The summed E-state index contributed by atoms with van der Waals surface area (Å²) in [6.07, 6.45) is 1.33. The van der Waals surface area contributed by atoms with E-state index < -0.39 is 17.6 Å². The van der Waals surface area contributed by atoms with Crippen molar-refractivity contribution in [2.24, 2.45) is 5.73 Å². The van der Waals surface area contributed by atoms with E-state index in [1.807, 2.05) is 0 Å². The second kappa shape index (κ2) is 5.65. The molecule has 88 valence electrons. The van der Waals surface area contributed by atoms with Gasteiger partial charge in [-0.25, -0.2) is 0 Å². The molecule has 0 heterocycles. The summed E-state index contributed by atoms with van der Waals surface area (Å²) in [7, 11) is 1.27. The summed E-state index contributed by atoms with van der Waals surface area (Å²) in [5.41, 5.74) is 4.53. The van der Waals surface area contributed by atoms with E-state index in [0.29, 0.717) is 19.3 Å². The number of ether oxygens (including phenoxy) is 1.